The number of rotatable bonds is 7. The van der Waals surface area contributed by atoms with Gasteiger partial charge in [-0.05, 0) is 53.8 Å². The van der Waals surface area contributed by atoms with E-state index in [9.17, 15) is 8.76 Å². The number of anilines is 1. The molecule has 0 aliphatic carbocycles. The quantitative estimate of drug-likeness (QED) is 0.597. The van der Waals surface area contributed by atoms with E-state index in [1.165, 1.54) is 22.0 Å². The number of hydrogen-bond donors (Lipinski definition) is 1. The molecule has 4 rings (SSSR count). The third-order valence-electron chi connectivity index (χ3n) is 5.82. The second kappa shape index (κ2) is 9.08. The van der Waals surface area contributed by atoms with Crippen molar-refractivity contribution in [3.05, 3.63) is 77.9 Å². The van der Waals surface area contributed by atoms with Gasteiger partial charge in [-0.15, -0.1) is 0 Å². The van der Waals surface area contributed by atoms with Crippen molar-refractivity contribution in [3.8, 4) is 0 Å². The Morgan fingerprint density at radius 1 is 1.10 bits per heavy atom. The molecular weight excluding hydrogens is 380 g/mol. The Hall–Kier alpha value is -2.21. The molecule has 152 valence electrons. The lowest BCUT2D eigenvalue weighted by Crippen LogP contribution is -2.34. The molecule has 29 heavy (non-hydrogen) atoms. The molecule has 0 aromatic heterocycles. The van der Waals surface area contributed by atoms with Gasteiger partial charge in [0.15, 0.2) is 0 Å². The Morgan fingerprint density at radius 2 is 1.86 bits per heavy atom. The molecule has 5 heteroatoms. The highest BCUT2D eigenvalue weighted by molar-refractivity contribution is 7.79. The Kier molecular flexibility index (Phi) is 6.28. The van der Waals surface area contributed by atoms with Crippen LogP contribution in [0.4, 0.5) is 5.69 Å². The smallest absolute Gasteiger partial charge is 0.0366 e. The minimum atomic E-state index is -1.98. The average molecular weight is 408 g/mol. The fourth-order valence-electron chi connectivity index (χ4n) is 4.28. The molecule has 0 saturated carbocycles. The van der Waals surface area contributed by atoms with Gasteiger partial charge in [0.2, 0.25) is 0 Å². The summed E-state index contributed by atoms with van der Waals surface area (Å²) in [7, 11) is 0. The van der Waals surface area contributed by atoms with Crippen LogP contribution in [0, 0.1) is 0 Å². The van der Waals surface area contributed by atoms with Crippen LogP contribution in [0.1, 0.15) is 30.5 Å². The molecule has 1 N–H and O–H groups in total. The standard InChI is InChI=1S/C24H28N2O2S/c1-18(23-8-4-6-20-5-2-3-7-24(20)23)25-21-13-15-26(17-21)22-11-9-19(10-12-22)14-16-29(27)28/h2-12,18,21,25H,13-17H2,1H3,(H,27,28)/p-1/t18-,21+/m1/s1. The maximum Gasteiger partial charge on any atom is 0.0366 e. The minimum absolute atomic E-state index is 0.182. The highest BCUT2D eigenvalue weighted by atomic mass is 32.2. The summed E-state index contributed by atoms with van der Waals surface area (Å²) in [5.74, 6) is 0.182. The topological polar surface area (TPSA) is 55.4 Å². The Bertz CT molecular complexity index is 984. The highest BCUT2D eigenvalue weighted by Gasteiger charge is 2.24. The van der Waals surface area contributed by atoms with Crippen LogP contribution in [0.5, 0.6) is 0 Å². The van der Waals surface area contributed by atoms with Crippen molar-refractivity contribution >= 4 is 27.5 Å². The van der Waals surface area contributed by atoms with Gasteiger partial charge in [0.25, 0.3) is 0 Å². The number of fused-ring (bicyclic) bond motifs is 1. The number of nitrogens with one attached hydrogen (secondary N) is 1. The van der Waals surface area contributed by atoms with Crippen LogP contribution >= 0.6 is 0 Å². The van der Waals surface area contributed by atoms with Crippen molar-refractivity contribution in [2.75, 3.05) is 23.7 Å². The monoisotopic (exact) mass is 407 g/mol. The van der Waals surface area contributed by atoms with Gasteiger partial charge in [-0.3, -0.25) is 4.21 Å². The van der Waals surface area contributed by atoms with Crippen molar-refractivity contribution in [2.45, 2.75) is 31.8 Å². The summed E-state index contributed by atoms with van der Waals surface area (Å²) >= 11 is -1.98. The van der Waals surface area contributed by atoms with E-state index in [1.807, 2.05) is 12.1 Å². The third kappa shape index (κ3) is 4.86. The maximum atomic E-state index is 10.7. The minimum Gasteiger partial charge on any atom is -0.772 e. The molecule has 3 aromatic carbocycles. The Labute approximate surface area is 175 Å². The molecule has 3 aromatic rings. The largest absolute Gasteiger partial charge is 0.772 e. The first-order valence-corrected chi connectivity index (χ1v) is 11.5. The van der Waals surface area contributed by atoms with E-state index in [0.29, 0.717) is 18.5 Å². The molecule has 1 heterocycles. The average Bonchev–Trinajstić information content (AvgIpc) is 3.20. The zero-order valence-electron chi connectivity index (χ0n) is 16.7. The first kappa shape index (κ1) is 20.1. The molecule has 1 fully saturated rings. The van der Waals surface area contributed by atoms with Crippen molar-refractivity contribution in [3.63, 3.8) is 0 Å². The van der Waals surface area contributed by atoms with Crippen molar-refractivity contribution in [1.29, 1.82) is 0 Å². The van der Waals surface area contributed by atoms with E-state index in [-0.39, 0.29) is 5.75 Å². The van der Waals surface area contributed by atoms with Crippen molar-refractivity contribution in [2.24, 2.45) is 0 Å². The third-order valence-corrected chi connectivity index (χ3v) is 6.36. The number of aryl methyl sites for hydroxylation is 1. The molecule has 0 spiro atoms. The van der Waals surface area contributed by atoms with Gasteiger partial charge in [-0.1, -0.05) is 65.7 Å². The van der Waals surface area contributed by atoms with Gasteiger partial charge in [0, 0.05) is 36.6 Å². The summed E-state index contributed by atoms with van der Waals surface area (Å²) in [6.45, 7) is 4.27. The highest BCUT2D eigenvalue weighted by Crippen LogP contribution is 2.27. The molecule has 4 nitrogen and oxygen atoms in total. The van der Waals surface area contributed by atoms with Crippen LogP contribution in [0.3, 0.4) is 0 Å². The zero-order valence-corrected chi connectivity index (χ0v) is 17.5. The fraction of sp³-hybridized carbons (Fsp3) is 0.333. The van der Waals surface area contributed by atoms with Crippen LogP contribution in [-0.4, -0.2) is 33.6 Å². The first-order chi connectivity index (χ1) is 14.1. The first-order valence-electron chi connectivity index (χ1n) is 10.2. The maximum absolute atomic E-state index is 10.7. The zero-order chi connectivity index (χ0) is 20.2. The van der Waals surface area contributed by atoms with Gasteiger partial charge >= 0.3 is 0 Å². The van der Waals surface area contributed by atoms with Crippen LogP contribution in [-0.2, 0) is 17.5 Å². The molecule has 1 unspecified atom stereocenters. The van der Waals surface area contributed by atoms with E-state index in [4.69, 9.17) is 0 Å². The predicted molar refractivity (Wildman–Crippen MR) is 120 cm³/mol. The van der Waals surface area contributed by atoms with Crippen LogP contribution in [0.2, 0.25) is 0 Å². The molecular formula is C24H27N2O2S-. The molecule has 1 aliphatic heterocycles. The predicted octanol–water partition coefficient (Wildman–Crippen LogP) is 4.19. The second-order valence-electron chi connectivity index (χ2n) is 7.81. The van der Waals surface area contributed by atoms with Crippen LogP contribution in [0.25, 0.3) is 10.8 Å². The molecule has 1 saturated heterocycles. The van der Waals surface area contributed by atoms with E-state index < -0.39 is 11.1 Å². The Morgan fingerprint density at radius 3 is 2.66 bits per heavy atom. The van der Waals surface area contributed by atoms with E-state index in [2.05, 4.69) is 71.7 Å². The lowest BCUT2D eigenvalue weighted by atomic mass is 9.99. The number of nitrogens with zero attached hydrogens (tertiary/aromatic N) is 1. The van der Waals surface area contributed by atoms with Crippen molar-refractivity contribution < 1.29 is 8.76 Å². The summed E-state index contributed by atoms with van der Waals surface area (Å²) in [5.41, 5.74) is 3.62. The van der Waals surface area contributed by atoms with Crippen LogP contribution in [0.15, 0.2) is 66.7 Å². The molecule has 3 atom stereocenters. The van der Waals surface area contributed by atoms with Gasteiger partial charge < -0.3 is 14.8 Å². The fourth-order valence-corrected chi connectivity index (χ4v) is 4.68. The van der Waals surface area contributed by atoms with Gasteiger partial charge in [-0.25, -0.2) is 0 Å². The molecule has 1 aliphatic rings. The molecule has 0 radical (unpaired) electrons. The normalized spacial score (nSPS) is 18.8. The van der Waals surface area contributed by atoms with E-state index in [0.717, 1.165) is 25.1 Å². The Balaban J connectivity index is 1.38. The SMILES string of the molecule is C[C@@H](N[C@H]1CCN(c2ccc(CCS(=O)[O-])cc2)C1)c1cccc2ccccc12. The number of hydrogen-bond acceptors (Lipinski definition) is 4. The summed E-state index contributed by atoms with van der Waals surface area (Å²) in [5, 5.41) is 6.42. The summed E-state index contributed by atoms with van der Waals surface area (Å²) in [6.07, 6.45) is 1.69. The van der Waals surface area contributed by atoms with E-state index >= 15 is 0 Å². The van der Waals surface area contributed by atoms with E-state index in [1.54, 1.807) is 0 Å². The van der Waals surface area contributed by atoms with Crippen LogP contribution < -0.4 is 10.2 Å². The molecule has 0 bridgehead atoms. The summed E-state index contributed by atoms with van der Waals surface area (Å²) in [4.78, 5) is 2.41. The number of benzene rings is 3. The van der Waals surface area contributed by atoms with Gasteiger partial charge in [0.05, 0.1) is 0 Å². The van der Waals surface area contributed by atoms with Gasteiger partial charge in [0.1, 0.15) is 0 Å². The van der Waals surface area contributed by atoms with Gasteiger partial charge in [-0.2, -0.15) is 0 Å². The molecule has 0 amide bonds. The lowest BCUT2D eigenvalue weighted by Gasteiger charge is -2.23. The summed E-state index contributed by atoms with van der Waals surface area (Å²) in [6, 6.07) is 24.1. The van der Waals surface area contributed by atoms with Crippen molar-refractivity contribution in [1.82, 2.24) is 5.32 Å². The second-order valence-corrected chi connectivity index (χ2v) is 8.83. The summed E-state index contributed by atoms with van der Waals surface area (Å²) < 4.78 is 21.5. The lowest BCUT2D eigenvalue weighted by molar-refractivity contribution is 0.483.